The predicted octanol–water partition coefficient (Wildman–Crippen LogP) is 3.45. The lowest BCUT2D eigenvalue weighted by atomic mass is 10.00. The van der Waals surface area contributed by atoms with E-state index in [9.17, 15) is 9.90 Å². The van der Waals surface area contributed by atoms with Crippen molar-refractivity contribution in [1.29, 1.82) is 0 Å². The van der Waals surface area contributed by atoms with E-state index in [-0.39, 0.29) is 17.6 Å². The van der Waals surface area contributed by atoms with Crippen LogP contribution in [0.25, 0.3) is 6.08 Å². The molecule has 1 aliphatic heterocycles. The number of fused-ring (bicyclic) bond motifs is 1. The first-order valence-corrected chi connectivity index (χ1v) is 7.01. The number of ketones is 1. The molecule has 1 aliphatic rings. The van der Waals surface area contributed by atoms with Crippen molar-refractivity contribution in [1.82, 2.24) is 0 Å². The first kappa shape index (κ1) is 14.2. The Kier molecular flexibility index (Phi) is 3.83. The van der Waals surface area contributed by atoms with Crippen LogP contribution in [0.3, 0.4) is 0 Å². The number of rotatable bonds is 3. The van der Waals surface area contributed by atoms with Gasteiger partial charge in [-0.2, -0.15) is 0 Å². The molecule has 2 aromatic rings. The smallest absolute Gasteiger partial charge is 0.170 e. The summed E-state index contributed by atoms with van der Waals surface area (Å²) in [6.45, 7) is 0. The molecule has 0 saturated heterocycles. The van der Waals surface area contributed by atoms with E-state index in [1.165, 1.54) is 7.11 Å². The molecule has 0 spiro atoms. The van der Waals surface area contributed by atoms with Gasteiger partial charge in [-0.05, 0) is 35.9 Å². The molecular formula is C18H16O4. The van der Waals surface area contributed by atoms with Crippen LogP contribution in [0.4, 0.5) is 0 Å². The second-order valence-electron chi connectivity index (χ2n) is 5.07. The zero-order valence-electron chi connectivity index (χ0n) is 12.2. The van der Waals surface area contributed by atoms with Gasteiger partial charge in [-0.3, -0.25) is 4.79 Å². The minimum Gasteiger partial charge on any atom is -0.504 e. The van der Waals surface area contributed by atoms with Crippen molar-refractivity contribution in [2.45, 2.75) is 12.5 Å². The predicted molar refractivity (Wildman–Crippen MR) is 83.5 cm³/mol. The molecule has 112 valence electrons. The lowest BCUT2D eigenvalue weighted by Crippen LogP contribution is -2.24. The van der Waals surface area contributed by atoms with Crippen LogP contribution < -0.4 is 9.47 Å². The minimum atomic E-state index is -0.290. The Morgan fingerprint density at radius 3 is 2.91 bits per heavy atom. The normalized spacial score (nSPS) is 17.1. The van der Waals surface area contributed by atoms with Crippen molar-refractivity contribution in [3.8, 4) is 17.2 Å². The molecular weight excluding hydrogens is 280 g/mol. The maximum absolute atomic E-state index is 12.1. The first-order chi connectivity index (χ1) is 10.7. The molecule has 4 nitrogen and oxygen atoms in total. The molecule has 4 heteroatoms. The summed E-state index contributed by atoms with van der Waals surface area (Å²) in [6, 6.07) is 12.3. The topological polar surface area (TPSA) is 55.8 Å². The number of methoxy groups -OCH3 is 1. The monoisotopic (exact) mass is 296 g/mol. The molecule has 0 aliphatic carbocycles. The van der Waals surface area contributed by atoms with Crippen LogP contribution >= 0.6 is 0 Å². The number of carbonyl (C=O) groups excluding carboxylic acids is 1. The third kappa shape index (κ3) is 2.81. The molecule has 1 atom stereocenters. The molecule has 0 saturated carbocycles. The number of hydrogen-bond donors (Lipinski definition) is 1. The average Bonchev–Trinajstić information content (AvgIpc) is 2.54. The van der Waals surface area contributed by atoms with Gasteiger partial charge in [0.2, 0.25) is 0 Å². The Morgan fingerprint density at radius 2 is 2.09 bits per heavy atom. The lowest BCUT2D eigenvalue weighted by Gasteiger charge is -2.22. The van der Waals surface area contributed by atoms with Gasteiger partial charge in [0.15, 0.2) is 17.3 Å². The summed E-state index contributed by atoms with van der Waals surface area (Å²) in [5.41, 5.74) is 1.50. The highest BCUT2D eigenvalue weighted by molar-refractivity contribution is 6.00. The van der Waals surface area contributed by atoms with Gasteiger partial charge in [-0.25, -0.2) is 0 Å². The lowest BCUT2D eigenvalue weighted by molar-refractivity contribution is 0.0894. The van der Waals surface area contributed by atoms with Crippen LogP contribution in [0, 0.1) is 0 Å². The van der Waals surface area contributed by atoms with Crippen LogP contribution in [0.1, 0.15) is 22.3 Å². The highest BCUT2D eigenvalue weighted by Gasteiger charge is 2.24. The fourth-order valence-electron chi connectivity index (χ4n) is 2.42. The Labute approximate surface area is 128 Å². The van der Waals surface area contributed by atoms with E-state index in [0.29, 0.717) is 23.5 Å². The number of phenolic OH excluding ortho intramolecular Hbond substituents is 1. The third-order valence-corrected chi connectivity index (χ3v) is 3.56. The number of Topliss-reactive ketones (excluding diaryl/α,β-unsaturated/α-hetero) is 1. The van der Waals surface area contributed by atoms with E-state index in [1.807, 2.05) is 24.3 Å². The largest absolute Gasteiger partial charge is 0.504 e. The number of phenols is 1. The van der Waals surface area contributed by atoms with Crippen LogP contribution in [0.2, 0.25) is 0 Å². The standard InChI is InChI=1S/C18H16O4/c1-21-18-10-12(7-9-15(18)19)6-8-13-11-16(20)14-4-2-3-5-17(14)22-13/h2-10,13,19H,11H2,1H3/b8-6+. The van der Waals surface area contributed by atoms with Gasteiger partial charge < -0.3 is 14.6 Å². The molecule has 22 heavy (non-hydrogen) atoms. The van der Waals surface area contributed by atoms with Gasteiger partial charge >= 0.3 is 0 Å². The zero-order valence-corrected chi connectivity index (χ0v) is 12.2. The molecule has 0 aromatic heterocycles. The van der Waals surface area contributed by atoms with Crippen molar-refractivity contribution in [2.24, 2.45) is 0 Å². The van der Waals surface area contributed by atoms with E-state index >= 15 is 0 Å². The molecule has 0 amide bonds. The highest BCUT2D eigenvalue weighted by Crippen LogP contribution is 2.29. The number of benzene rings is 2. The molecule has 1 N–H and O–H groups in total. The molecule has 3 rings (SSSR count). The highest BCUT2D eigenvalue weighted by atomic mass is 16.5. The van der Waals surface area contributed by atoms with E-state index < -0.39 is 0 Å². The number of para-hydroxylation sites is 1. The van der Waals surface area contributed by atoms with Crippen molar-refractivity contribution in [3.63, 3.8) is 0 Å². The Balaban J connectivity index is 1.78. The summed E-state index contributed by atoms with van der Waals surface area (Å²) >= 11 is 0. The maximum Gasteiger partial charge on any atom is 0.170 e. The fraction of sp³-hybridized carbons (Fsp3) is 0.167. The van der Waals surface area contributed by atoms with E-state index in [4.69, 9.17) is 9.47 Å². The quantitative estimate of drug-likeness (QED) is 0.942. The first-order valence-electron chi connectivity index (χ1n) is 7.01. The maximum atomic E-state index is 12.1. The summed E-state index contributed by atoms with van der Waals surface area (Å²) in [4.78, 5) is 12.1. The number of hydrogen-bond acceptors (Lipinski definition) is 4. The number of carbonyl (C=O) groups is 1. The molecule has 2 aromatic carbocycles. The summed E-state index contributed by atoms with van der Waals surface area (Å²) in [7, 11) is 1.50. The van der Waals surface area contributed by atoms with Crippen LogP contribution in [0.15, 0.2) is 48.5 Å². The van der Waals surface area contributed by atoms with E-state index in [1.54, 1.807) is 30.3 Å². The number of aromatic hydroxyl groups is 1. The summed E-state index contributed by atoms with van der Waals surface area (Å²) in [5.74, 6) is 1.21. The molecule has 1 unspecified atom stereocenters. The summed E-state index contributed by atoms with van der Waals surface area (Å²) < 4.78 is 10.9. The fourth-order valence-corrected chi connectivity index (χ4v) is 2.42. The van der Waals surface area contributed by atoms with Gasteiger partial charge in [0.1, 0.15) is 11.9 Å². The van der Waals surface area contributed by atoms with Crippen molar-refractivity contribution >= 4 is 11.9 Å². The van der Waals surface area contributed by atoms with Gasteiger partial charge in [0.25, 0.3) is 0 Å². The minimum absolute atomic E-state index is 0.0831. The number of ether oxygens (including phenoxy) is 2. The van der Waals surface area contributed by atoms with Gasteiger partial charge in [0, 0.05) is 0 Å². The summed E-state index contributed by atoms with van der Waals surface area (Å²) in [5, 5.41) is 9.58. The van der Waals surface area contributed by atoms with Crippen LogP contribution in [0.5, 0.6) is 17.2 Å². The Hall–Kier alpha value is -2.75. The second kappa shape index (κ2) is 5.93. The average molecular weight is 296 g/mol. The van der Waals surface area contributed by atoms with Crippen LogP contribution in [-0.2, 0) is 0 Å². The SMILES string of the molecule is COc1cc(/C=C/C2CC(=O)c3ccccc3O2)ccc1O. The summed E-state index contributed by atoms with van der Waals surface area (Å²) in [6.07, 6.45) is 3.73. The van der Waals surface area contributed by atoms with E-state index in [2.05, 4.69) is 0 Å². The van der Waals surface area contributed by atoms with Crippen molar-refractivity contribution in [2.75, 3.05) is 7.11 Å². The molecule has 1 heterocycles. The van der Waals surface area contributed by atoms with Crippen LogP contribution in [-0.4, -0.2) is 24.1 Å². The van der Waals surface area contributed by atoms with E-state index in [0.717, 1.165) is 5.56 Å². The van der Waals surface area contributed by atoms with Crippen molar-refractivity contribution < 1.29 is 19.4 Å². The Morgan fingerprint density at radius 1 is 1.27 bits per heavy atom. The second-order valence-corrected chi connectivity index (χ2v) is 5.07. The zero-order chi connectivity index (χ0) is 15.5. The van der Waals surface area contributed by atoms with Gasteiger partial charge in [-0.1, -0.05) is 24.3 Å². The molecule has 0 radical (unpaired) electrons. The molecule has 0 fully saturated rings. The van der Waals surface area contributed by atoms with Gasteiger partial charge in [-0.15, -0.1) is 0 Å². The van der Waals surface area contributed by atoms with Crippen molar-refractivity contribution in [3.05, 3.63) is 59.7 Å². The third-order valence-electron chi connectivity index (χ3n) is 3.56. The molecule has 0 bridgehead atoms. The Bertz CT molecular complexity index is 734. The van der Waals surface area contributed by atoms with Gasteiger partial charge in [0.05, 0.1) is 19.1 Å².